The van der Waals surface area contributed by atoms with Crippen molar-refractivity contribution in [3.05, 3.63) is 24.3 Å². The molecule has 108 valence electrons. The van der Waals surface area contributed by atoms with Crippen molar-refractivity contribution < 1.29 is 4.74 Å². The lowest BCUT2D eigenvalue weighted by atomic mass is 10.2. The highest BCUT2D eigenvalue weighted by molar-refractivity contribution is 5.46. The Kier molecular flexibility index (Phi) is 8.02. The predicted molar refractivity (Wildman–Crippen MR) is 81.9 cm³/mol. The second kappa shape index (κ2) is 9.64. The summed E-state index contributed by atoms with van der Waals surface area (Å²) < 4.78 is 5.68. The molecule has 0 saturated heterocycles. The number of ether oxygens (including phenoxy) is 1. The Hall–Kier alpha value is -1.26. The van der Waals surface area contributed by atoms with Crippen molar-refractivity contribution in [2.24, 2.45) is 5.73 Å². The van der Waals surface area contributed by atoms with Gasteiger partial charge in [0.1, 0.15) is 5.75 Å². The first kappa shape index (κ1) is 15.8. The van der Waals surface area contributed by atoms with Crippen LogP contribution in [0.25, 0.3) is 0 Å². The molecular formula is C15H27N3O. The van der Waals surface area contributed by atoms with Crippen molar-refractivity contribution in [1.82, 2.24) is 4.90 Å². The van der Waals surface area contributed by atoms with Crippen molar-refractivity contribution >= 4 is 5.69 Å². The van der Waals surface area contributed by atoms with Crippen LogP contribution in [-0.2, 0) is 0 Å². The largest absolute Gasteiger partial charge is 0.494 e. The summed E-state index contributed by atoms with van der Waals surface area (Å²) in [5.74, 6) is 0.936. The summed E-state index contributed by atoms with van der Waals surface area (Å²) in [6.45, 7) is 3.56. The van der Waals surface area contributed by atoms with Gasteiger partial charge in [-0.2, -0.15) is 0 Å². The molecule has 1 aromatic carbocycles. The summed E-state index contributed by atoms with van der Waals surface area (Å²) in [5.41, 5.74) is 6.59. The third-order valence-electron chi connectivity index (χ3n) is 2.83. The Morgan fingerprint density at radius 3 is 2.47 bits per heavy atom. The van der Waals surface area contributed by atoms with E-state index in [9.17, 15) is 0 Å². The number of hydrogen-bond acceptors (Lipinski definition) is 4. The third-order valence-corrected chi connectivity index (χ3v) is 2.83. The minimum Gasteiger partial charge on any atom is -0.494 e. The summed E-state index contributed by atoms with van der Waals surface area (Å²) >= 11 is 0. The molecule has 0 aliphatic rings. The SMILES string of the molecule is CN(C)CCCOc1ccc(NCCCCN)cc1. The topological polar surface area (TPSA) is 50.5 Å². The van der Waals surface area contributed by atoms with Crippen molar-refractivity contribution in [3.8, 4) is 5.75 Å². The summed E-state index contributed by atoms with van der Waals surface area (Å²) in [7, 11) is 4.15. The first-order valence-corrected chi connectivity index (χ1v) is 7.04. The molecule has 4 nitrogen and oxygen atoms in total. The summed E-state index contributed by atoms with van der Waals surface area (Å²) in [6.07, 6.45) is 3.23. The second-order valence-corrected chi connectivity index (χ2v) is 4.95. The highest BCUT2D eigenvalue weighted by atomic mass is 16.5. The van der Waals surface area contributed by atoms with E-state index in [4.69, 9.17) is 10.5 Å². The molecule has 19 heavy (non-hydrogen) atoms. The summed E-state index contributed by atoms with van der Waals surface area (Å²) in [6, 6.07) is 8.15. The van der Waals surface area contributed by atoms with E-state index in [1.807, 2.05) is 12.1 Å². The highest BCUT2D eigenvalue weighted by Crippen LogP contribution is 2.15. The van der Waals surface area contributed by atoms with Crippen LogP contribution in [0.2, 0.25) is 0 Å². The zero-order valence-corrected chi connectivity index (χ0v) is 12.2. The van der Waals surface area contributed by atoms with Gasteiger partial charge in [0.05, 0.1) is 6.61 Å². The van der Waals surface area contributed by atoms with E-state index in [0.717, 1.165) is 56.9 Å². The second-order valence-electron chi connectivity index (χ2n) is 4.95. The van der Waals surface area contributed by atoms with Crippen molar-refractivity contribution in [3.63, 3.8) is 0 Å². The van der Waals surface area contributed by atoms with Crippen LogP contribution in [0.1, 0.15) is 19.3 Å². The number of rotatable bonds is 10. The molecule has 0 bridgehead atoms. The highest BCUT2D eigenvalue weighted by Gasteiger charge is 1.96. The fraction of sp³-hybridized carbons (Fsp3) is 0.600. The molecule has 0 amide bonds. The predicted octanol–water partition coefficient (Wildman–Crippen LogP) is 2.17. The van der Waals surface area contributed by atoms with Gasteiger partial charge in [0.15, 0.2) is 0 Å². The fourth-order valence-corrected chi connectivity index (χ4v) is 1.74. The molecule has 1 rings (SSSR count). The van der Waals surface area contributed by atoms with Crippen LogP contribution in [-0.4, -0.2) is 45.2 Å². The van der Waals surface area contributed by atoms with E-state index in [1.54, 1.807) is 0 Å². The number of nitrogens with zero attached hydrogens (tertiary/aromatic N) is 1. The Morgan fingerprint density at radius 1 is 1.11 bits per heavy atom. The normalized spacial score (nSPS) is 10.7. The number of nitrogens with one attached hydrogen (secondary N) is 1. The zero-order valence-electron chi connectivity index (χ0n) is 12.2. The lowest BCUT2D eigenvalue weighted by Gasteiger charge is -2.11. The van der Waals surface area contributed by atoms with E-state index in [0.29, 0.717) is 0 Å². The van der Waals surface area contributed by atoms with E-state index in [1.165, 1.54) is 0 Å². The van der Waals surface area contributed by atoms with Crippen molar-refractivity contribution in [2.45, 2.75) is 19.3 Å². The van der Waals surface area contributed by atoms with Crippen LogP contribution in [0.15, 0.2) is 24.3 Å². The van der Waals surface area contributed by atoms with E-state index in [2.05, 4.69) is 36.4 Å². The lowest BCUT2D eigenvalue weighted by Crippen LogP contribution is -2.15. The molecule has 1 aromatic rings. The molecule has 0 radical (unpaired) electrons. The molecule has 0 heterocycles. The Morgan fingerprint density at radius 2 is 1.84 bits per heavy atom. The van der Waals surface area contributed by atoms with Crippen molar-refractivity contribution in [2.75, 3.05) is 45.7 Å². The van der Waals surface area contributed by atoms with Crippen LogP contribution in [0.4, 0.5) is 5.69 Å². The van der Waals surface area contributed by atoms with E-state index in [-0.39, 0.29) is 0 Å². The molecule has 0 aliphatic heterocycles. The van der Waals surface area contributed by atoms with Crippen LogP contribution >= 0.6 is 0 Å². The Labute approximate surface area is 116 Å². The van der Waals surface area contributed by atoms with Crippen LogP contribution in [0.3, 0.4) is 0 Å². The van der Waals surface area contributed by atoms with Gasteiger partial charge in [-0.15, -0.1) is 0 Å². The van der Waals surface area contributed by atoms with Gasteiger partial charge in [-0.3, -0.25) is 0 Å². The minimum absolute atomic E-state index is 0.765. The molecule has 0 fully saturated rings. The molecule has 0 saturated carbocycles. The molecule has 0 spiro atoms. The molecule has 0 aliphatic carbocycles. The van der Waals surface area contributed by atoms with Crippen LogP contribution in [0, 0.1) is 0 Å². The number of unbranched alkanes of at least 4 members (excludes halogenated alkanes) is 1. The van der Waals surface area contributed by atoms with Gasteiger partial charge in [0, 0.05) is 18.8 Å². The maximum atomic E-state index is 5.68. The third kappa shape index (κ3) is 7.70. The van der Waals surface area contributed by atoms with Crippen LogP contribution < -0.4 is 15.8 Å². The first-order valence-electron chi connectivity index (χ1n) is 7.04. The molecule has 0 atom stereocenters. The minimum atomic E-state index is 0.765. The number of nitrogens with two attached hydrogens (primary N) is 1. The average molecular weight is 265 g/mol. The average Bonchev–Trinajstić information content (AvgIpc) is 2.41. The molecule has 0 aromatic heterocycles. The van der Waals surface area contributed by atoms with Gasteiger partial charge in [-0.05, 0) is 64.2 Å². The summed E-state index contributed by atoms with van der Waals surface area (Å²) in [5, 5.41) is 3.37. The smallest absolute Gasteiger partial charge is 0.119 e. The molecule has 3 N–H and O–H groups in total. The molecule has 4 heteroatoms. The van der Waals surface area contributed by atoms with Gasteiger partial charge in [0.2, 0.25) is 0 Å². The number of hydrogen-bond donors (Lipinski definition) is 2. The van der Waals surface area contributed by atoms with Gasteiger partial charge < -0.3 is 20.7 Å². The van der Waals surface area contributed by atoms with Gasteiger partial charge >= 0.3 is 0 Å². The molecule has 0 unspecified atom stereocenters. The van der Waals surface area contributed by atoms with Crippen molar-refractivity contribution in [1.29, 1.82) is 0 Å². The Balaban J connectivity index is 2.19. The number of benzene rings is 1. The maximum Gasteiger partial charge on any atom is 0.119 e. The fourth-order valence-electron chi connectivity index (χ4n) is 1.74. The standard InChI is InChI=1S/C15H27N3O/c1-18(2)12-5-13-19-15-8-6-14(7-9-15)17-11-4-3-10-16/h6-9,17H,3-5,10-13,16H2,1-2H3. The van der Waals surface area contributed by atoms with Gasteiger partial charge in [-0.25, -0.2) is 0 Å². The molecular weight excluding hydrogens is 238 g/mol. The zero-order chi connectivity index (χ0) is 13.9. The maximum absolute atomic E-state index is 5.68. The first-order chi connectivity index (χ1) is 9.22. The lowest BCUT2D eigenvalue weighted by molar-refractivity contribution is 0.281. The Bertz CT molecular complexity index is 325. The van der Waals surface area contributed by atoms with Gasteiger partial charge in [0.25, 0.3) is 0 Å². The van der Waals surface area contributed by atoms with Crippen LogP contribution in [0.5, 0.6) is 5.75 Å². The van der Waals surface area contributed by atoms with E-state index >= 15 is 0 Å². The van der Waals surface area contributed by atoms with Gasteiger partial charge in [-0.1, -0.05) is 0 Å². The van der Waals surface area contributed by atoms with E-state index < -0.39 is 0 Å². The number of anilines is 1. The quantitative estimate of drug-likeness (QED) is 0.637. The summed E-state index contributed by atoms with van der Waals surface area (Å²) in [4.78, 5) is 2.16. The monoisotopic (exact) mass is 265 g/mol.